The summed E-state index contributed by atoms with van der Waals surface area (Å²) in [6.07, 6.45) is 3.75. The fourth-order valence-corrected chi connectivity index (χ4v) is 4.47. The molecule has 0 unspecified atom stereocenters. The van der Waals surface area contributed by atoms with Gasteiger partial charge < -0.3 is 9.47 Å². The van der Waals surface area contributed by atoms with Crippen LogP contribution in [0.5, 0.6) is 5.75 Å². The monoisotopic (exact) mass is 404 g/mol. The van der Waals surface area contributed by atoms with E-state index >= 15 is 0 Å². The summed E-state index contributed by atoms with van der Waals surface area (Å²) in [5.41, 5.74) is 1.15. The molecule has 28 heavy (non-hydrogen) atoms. The lowest BCUT2D eigenvalue weighted by Crippen LogP contribution is -2.40. The van der Waals surface area contributed by atoms with Crippen molar-refractivity contribution in [2.45, 2.75) is 24.7 Å². The zero-order valence-corrected chi connectivity index (χ0v) is 16.6. The maximum absolute atomic E-state index is 12.6. The van der Waals surface area contributed by atoms with Gasteiger partial charge in [-0.3, -0.25) is 9.78 Å². The Kier molecular flexibility index (Phi) is 6.64. The number of piperidine rings is 1. The number of ether oxygens (including phenoxy) is 2. The van der Waals surface area contributed by atoms with Gasteiger partial charge in [-0.2, -0.15) is 4.31 Å². The molecule has 0 amide bonds. The van der Waals surface area contributed by atoms with Gasteiger partial charge in [0, 0.05) is 25.5 Å². The number of carbonyl (C=O) groups excluding carboxylic acids is 1. The summed E-state index contributed by atoms with van der Waals surface area (Å²) in [6, 6.07) is 10.8. The van der Waals surface area contributed by atoms with E-state index in [2.05, 4.69) is 4.98 Å². The smallest absolute Gasteiger partial charge is 0.309 e. The third-order valence-corrected chi connectivity index (χ3v) is 6.56. The lowest BCUT2D eigenvalue weighted by Gasteiger charge is -2.30. The second kappa shape index (κ2) is 9.16. The molecule has 3 rings (SSSR count). The van der Waals surface area contributed by atoms with Gasteiger partial charge in [-0.05, 0) is 44.0 Å². The standard InChI is InChI=1S/C20H24N2O5S/c1-16-4-6-18(7-5-16)26-13-14-27-20(23)17-8-11-22(12-9-17)28(24,25)19-3-2-10-21-15-19/h2-7,10,15,17H,8-9,11-14H2,1H3. The molecule has 7 nitrogen and oxygen atoms in total. The van der Waals surface area contributed by atoms with Crippen LogP contribution >= 0.6 is 0 Å². The summed E-state index contributed by atoms with van der Waals surface area (Å²) in [6.45, 7) is 3.02. The molecule has 0 N–H and O–H groups in total. The molecule has 1 aliphatic rings. The molecule has 0 atom stereocenters. The zero-order chi connectivity index (χ0) is 20.0. The minimum Gasteiger partial charge on any atom is -0.490 e. The molecule has 2 aromatic rings. The van der Waals surface area contributed by atoms with Crippen molar-refractivity contribution in [2.24, 2.45) is 5.92 Å². The van der Waals surface area contributed by atoms with Gasteiger partial charge in [0.25, 0.3) is 0 Å². The zero-order valence-electron chi connectivity index (χ0n) is 15.8. The Bertz CT molecular complexity index is 877. The van der Waals surface area contributed by atoms with Gasteiger partial charge in [-0.15, -0.1) is 0 Å². The van der Waals surface area contributed by atoms with Crippen LogP contribution in [0.25, 0.3) is 0 Å². The highest BCUT2D eigenvalue weighted by atomic mass is 32.2. The Labute approximate surface area is 165 Å². The van der Waals surface area contributed by atoms with E-state index in [4.69, 9.17) is 9.47 Å². The SMILES string of the molecule is Cc1ccc(OCCOC(=O)C2CCN(S(=O)(=O)c3cccnc3)CC2)cc1. The van der Waals surface area contributed by atoms with Crippen molar-refractivity contribution in [3.8, 4) is 5.75 Å². The van der Waals surface area contributed by atoms with Crippen LogP contribution in [0.3, 0.4) is 0 Å². The van der Waals surface area contributed by atoms with E-state index in [1.807, 2.05) is 31.2 Å². The number of benzene rings is 1. The number of sulfonamides is 1. The van der Waals surface area contributed by atoms with Crippen molar-refractivity contribution in [1.29, 1.82) is 0 Å². The van der Waals surface area contributed by atoms with E-state index in [9.17, 15) is 13.2 Å². The number of pyridine rings is 1. The molecule has 0 aliphatic carbocycles. The summed E-state index contributed by atoms with van der Waals surface area (Å²) in [4.78, 5) is 16.3. The fourth-order valence-electron chi connectivity index (χ4n) is 3.03. The first kappa shape index (κ1) is 20.3. The summed E-state index contributed by atoms with van der Waals surface area (Å²) in [5, 5.41) is 0. The maximum Gasteiger partial charge on any atom is 0.309 e. The summed E-state index contributed by atoms with van der Waals surface area (Å²) < 4.78 is 37.4. The quantitative estimate of drug-likeness (QED) is 0.520. The summed E-state index contributed by atoms with van der Waals surface area (Å²) in [5.74, 6) is 0.140. The first-order valence-corrected chi connectivity index (χ1v) is 10.7. The largest absolute Gasteiger partial charge is 0.490 e. The third-order valence-electron chi connectivity index (χ3n) is 4.68. The van der Waals surface area contributed by atoms with Gasteiger partial charge >= 0.3 is 5.97 Å². The van der Waals surface area contributed by atoms with Crippen LogP contribution in [0.15, 0.2) is 53.7 Å². The highest BCUT2D eigenvalue weighted by Crippen LogP contribution is 2.24. The van der Waals surface area contributed by atoms with Crippen molar-refractivity contribution < 1.29 is 22.7 Å². The minimum atomic E-state index is -3.57. The predicted molar refractivity (Wildman–Crippen MR) is 103 cm³/mol. The third kappa shape index (κ3) is 5.08. The number of rotatable bonds is 7. The van der Waals surface area contributed by atoms with Crippen LogP contribution in [0.2, 0.25) is 0 Å². The molecule has 0 bridgehead atoms. The molecular weight excluding hydrogens is 380 g/mol. The van der Waals surface area contributed by atoms with Gasteiger partial charge in [0.1, 0.15) is 23.9 Å². The van der Waals surface area contributed by atoms with Gasteiger partial charge in [-0.25, -0.2) is 8.42 Å². The van der Waals surface area contributed by atoms with Crippen molar-refractivity contribution in [1.82, 2.24) is 9.29 Å². The van der Waals surface area contributed by atoms with E-state index in [1.165, 1.54) is 22.8 Å². The number of aryl methyl sites for hydroxylation is 1. The van der Waals surface area contributed by atoms with Crippen molar-refractivity contribution in [3.63, 3.8) is 0 Å². The van der Waals surface area contributed by atoms with Crippen LogP contribution in [-0.4, -0.2) is 50.0 Å². The average molecular weight is 404 g/mol. The van der Waals surface area contributed by atoms with Crippen LogP contribution in [0.4, 0.5) is 0 Å². The van der Waals surface area contributed by atoms with Crippen molar-refractivity contribution in [3.05, 3.63) is 54.4 Å². The highest BCUT2D eigenvalue weighted by molar-refractivity contribution is 7.89. The van der Waals surface area contributed by atoms with Crippen LogP contribution in [0, 0.1) is 12.8 Å². The normalized spacial score (nSPS) is 15.9. The lowest BCUT2D eigenvalue weighted by molar-refractivity contribution is -0.150. The topological polar surface area (TPSA) is 85.8 Å². The molecule has 0 radical (unpaired) electrons. The Morgan fingerprint density at radius 3 is 2.50 bits per heavy atom. The second-order valence-electron chi connectivity index (χ2n) is 6.70. The summed E-state index contributed by atoms with van der Waals surface area (Å²) in [7, 11) is -3.57. The summed E-state index contributed by atoms with van der Waals surface area (Å²) >= 11 is 0. The second-order valence-corrected chi connectivity index (χ2v) is 8.63. The molecule has 0 saturated carbocycles. The fraction of sp³-hybridized carbons (Fsp3) is 0.400. The number of nitrogens with zero attached hydrogens (tertiary/aromatic N) is 2. The van der Waals surface area contributed by atoms with Gasteiger partial charge in [0.05, 0.1) is 5.92 Å². The van der Waals surface area contributed by atoms with Gasteiger partial charge in [-0.1, -0.05) is 17.7 Å². The van der Waals surface area contributed by atoms with Gasteiger partial charge in [0.15, 0.2) is 0 Å². The molecule has 1 aromatic heterocycles. The van der Waals surface area contributed by atoms with Crippen molar-refractivity contribution in [2.75, 3.05) is 26.3 Å². The molecule has 1 saturated heterocycles. The van der Waals surface area contributed by atoms with E-state index in [0.29, 0.717) is 12.8 Å². The lowest BCUT2D eigenvalue weighted by atomic mass is 9.98. The number of esters is 1. The van der Waals surface area contributed by atoms with E-state index in [0.717, 1.165) is 11.3 Å². The maximum atomic E-state index is 12.6. The first-order chi connectivity index (χ1) is 13.5. The number of aromatic nitrogens is 1. The molecule has 0 spiro atoms. The van der Waals surface area contributed by atoms with E-state index in [1.54, 1.807) is 6.07 Å². The molecule has 1 aliphatic heterocycles. The number of hydrogen-bond donors (Lipinski definition) is 0. The first-order valence-electron chi connectivity index (χ1n) is 9.23. The molecule has 8 heteroatoms. The molecule has 150 valence electrons. The van der Waals surface area contributed by atoms with E-state index in [-0.39, 0.29) is 43.1 Å². The van der Waals surface area contributed by atoms with Crippen LogP contribution in [0.1, 0.15) is 18.4 Å². The molecule has 1 aromatic carbocycles. The number of hydrogen-bond acceptors (Lipinski definition) is 6. The Hall–Kier alpha value is -2.45. The van der Waals surface area contributed by atoms with Crippen molar-refractivity contribution >= 4 is 16.0 Å². The van der Waals surface area contributed by atoms with Gasteiger partial charge in [0.2, 0.25) is 10.0 Å². The average Bonchev–Trinajstić information content (AvgIpc) is 2.73. The Balaban J connectivity index is 1.42. The predicted octanol–water partition coefficient (Wildman–Crippen LogP) is 2.41. The molecule has 2 heterocycles. The van der Waals surface area contributed by atoms with Crippen LogP contribution < -0.4 is 4.74 Å². The van der Waals surface area contributed by atoms with Crippen LogP contribution in [-0.2, 0) is 19.6 Å². The molecular formula is C20H24N2O5S. The Morgan fingerprint density at radius 1 is 1.14 bits per heavy atom. The highest BCUT2D eigenvalue weighted by Gasteiger charge is 2.32. The Morgan fingerprint density at radius 2 is 1.86 bits per heavy atom. The molecule has 1 fully saturated rings. The minimum absolute atomic E-state index is 0.168. The number of carbonyl (C=O) groups is 1. The van der Waals surface area contributed by atoms with E-state index < -0.39 is 10.0 Å².